The van der Waals surface area contributed by atoms with Crippen molar-refractivity contribution in [2.24, 2.45) is 5.92 Å². The summed E-state index contributed by atoms with van der Waals surface area (Å²) in [5.41, 5.74) is 0. The molecule has 0 aromatic heterocycles. The molecule has 1 saturated heterocycles. The molecule has 0 bridgehead atoms. The van der Waals surface area contributed by atoms with E-state index < -0.39 is 0 Å². The summed E-state index contributed by atoms with van der Waals surface area (Å²) < 4.78 is 10.3. The number of nitrogens with zero attached hydrogens (tertiary/aromatic N) is 1. The Bertz CT molecular complexity index is 208. The van der Waals surface area contributed by atoms with E-state index >= 15 is 0 Å². The first-order valence-corrected chi connectivity index (χ1v) is 6.05. The molecule has 1 heterocycles. The fourth-order valence-corrected chi connectivity index (χ4v) is 1.93. The van der Waals surface area contributed by atoms with Crippen molar-refractivity contribution in [3.63, 3.8) is 0 Å². The van der Waals surface area contributed by atoms with Crippen molar-refractivity contribution in [3.05, 3.63) is 0 Å². The first-order chi connectivity index (χ1) is 7.74. The van der Waals surface area contributed by atoms with Crippen LogP contribution in [0, 0.1) is 5.92 Å². The second-order valence-corrected chi connectivity index (χ2v) is 4.38. The zero-order valence-electron chi connectivity index (χ0n) is 10.4. The van der Waals surface area contributed by atoms with Crippen LogP contribution >= 0.6 is 0 Å². The van der Waals surface area contributed by atoms with Crippen molar-refractivity contribution in [3.8, 4) is 0 Å². The molecule has 0 N–H and O–H groups in total. The molecule has 0 saturated carbocycles. The lowest BCUT2D eigenvalue weighted by atomic mass is 9.98. The summed E-state index contributed by atoms with van der Waals surface area (Å²) in [5.74, 6) is 0.621. The third-order valence-corrected chi connectivity index (χ3v) is 2.95. The van der Waals surface area contributed by atoms with Gasteiger partial charge in [0.2, 0.25) is 0 Å². The Balaban J connectivity index is 1.99. The number of piperidine rings is 1. The van der Waals surface area contributed by atoms with Crippen molar-refractivity contribution in [2.75, 3.05) is 46.6 Å². The summed E-state index contributed by atoms with van der Waals surface area (Å²) in [6.45, 7) is 7.00. The van der Waals surface area contributed by atoms with Crippen LogP contribution in [0.2, 0.25) is 0 Å². The van der Waals surface area contributed by atoms with Crippen LogP contribution in [0.1, 0.15) is 19.8 Å². The summed E-state index contributed by atoms with van der Waals surface area (Å²) in [6, 6.07) is 0. The second kappa shape index (κ2) is 7.76. The molecule has 0 amide bonds. The van der Waals surface area contributed by atoms with Crippen molar-refractivity contribution >= 4 is 5.78 Å². The van der Waals surface area contributed by atoms with Crippen LogP contribution in [0.15, 0.2) is 0 Å². The van der Waals surface area contributed by atoms with Gasteiger partial charge in [0.1, 0.15) is 5.78 Å². The molecule has 0 aliphatic carbocycles. The maximum atomic E-state index is 11.3. The molecule has 1 aliphatic rings. The van der Waals surface area contributed by atoms with Crippen LogP contribution in [-0.4, -0.2) is 57.2 Å². The van der Waals surface area contributed by atoms with Gasteiger partial charge in [-0.25, -0.2) is 0 Å². The molecular formula is C12H23NO3. The van der Waals surface area contributed by atoms with E-state index in [0.29, 0.717) is 25.4 Å². The van der Waals surface area contributed by atoms with Crippen LogP contribution in [0.4, 0.5) is 0 Å². The molecule has 0 radical (unpaired) electrons. The maximum absolute atomic E-state index is 11.3. The molecule has 1 aliphatic heterocycles. The van der Waals surface area contributed by atoms with Gasteiger partial charge in [0, 0.05) is 45.7 Å². The summed E-state index contributed by atoms with van der Waals surface area (Å²) in [4.78, 5) is 13.7. The van der Waals surface area contributed by atoms with Crippen LogP contribution in [0.25, 0.3) is 0 Å². The van der Waals surface area contributed by atoms with Crippen molar-refractivity contribution < 1.29 is 14.3 Å². The molecule has 1 unspecified atom stereocenters. The van der Waals surface area contributed by atoms with E-state index in [9.17, 15) is 4.79 Å². The fraction of sp³-hybridized carbons (Fsp3) is 0.917. The van der Waals surface area contributed by atoms with Gasteiger partial charge in [-0.05, 0) is 6.42 Å². The number of Topliss-reactive ketones (excluding diaryl/α,β-unsaturated/α-hetero) is 1. The number of ketones is 1. The molecule has 1 fully saturated rings. The van der Waals surface area contributed by atoms with Gasteiger partial charge in [0.25, 0.3) is 0 Å². The molecule has 0 aromatic carbocycles. The molecule has 16 heavy (non-hydrogen) atoms. The zero-order chi connectivity index (χ0) is 11.8. The Kier molecular flexibility index (Phi) is 6.61. The number of methoxy groups -OCH3 is 1. The predicted molar refractivity (Wildman–Crippen MR) is 62.5 cm³/mol. The largest absolute Gasteiger partial charge is 0.382 e. The molecule has 94 valence electrons. The predicted octanol–water partition coefficient (Wildman–Crippen LogP) is 0.950. The van der Waals surface area contributed by atoms with Gasteiger partial charge in [-0.2, -0.15) is 0 Å². The highest BCUT2D eigenvalue weighted by Gasteiger charge is 2.22. The van der Waals surface area contributed by atoms with E-state index in [0.717, 1.165) is 32.7 Å². The molecule has 4 nitrogen and oxygen atoms in total. The smallest absolute Gasteiger partial charge is 0.138 e. The van der Waals surface area contributed by atoms with Crippen molar-refractivity contribution in [1.29, 1.82) is 0 Å². The lowest BCUT2D eigenvalue weighted by Gasteiger charge is -2.29. The number of ether oxygens (including phenoxy) is 2. The summed E-state index contributed by atoms with van der Waals surface area (Å²) >= 11 is 0. The van der Waals surface area contributed by atoms with Gasteiger partial charge in [-0.15, -0.1) is 0 Å². The Morgan fingerprint density at radius 3 is 2.88 bits per heavy atom. The normalized spacial score (nSPS) is 22.6. The molecule has 1 rings (SSSR count). The average molecular weight is 229 g/mol. The summed E-state index contributed by atoms with van der Waals surface area (Å²) in [5, 5.41) is 0. The third kappa shape index (κ3) is 5.05. The number of hydrogen-bond donors (Lipinski definition) is 0. The average Bonchev–Trinajstić information content (AvgIpc) is 2.28. The monoisotopic (exact) mass is 229 g/mol. The van der Waals surface area contributed by atoms with Gasteiger partial charge in [-0.1, -0.05) is 6.92 Å². The minimum absolute atomic E-state index is 0.211. The van der Waals surface area contributed by atoms with Gasteiger partial charge < -0.3 is 14.4 Å². The van der Waals surface area contributed by atoms with Gasteiger partial charge in [-0.3, -0.25) is 4.79 Å². The number of hydrogen-bond acceptors (Lipinski definition) is 4. The summed E-state index contributed by atoms with van der Waals surface area (Å²) in [6.07, 6.45) is 1.75. The van der Waals surface area contributed by atoms with Crippen LogP contribution < -0.4 is 0 Å². The third-order valence-electron chi connectivity index (χ3n) is 2.95. The fourth-order valence-electron chi connectivity index (χ4n) is 1.93. The quantitative estimate of drug-likeness (QED) is 0.609. The van der Waals surface area contributed by atoms with Crippen molar-refractivity contribution in [1.82, 2.24) is 4.90 Å². The SMILES string of the molecule is COCCOCCCN1CCC(=O)C(C)C1. The number of carbonyl (C=O) groups is 1. The highest BCUT2D eigenvalue weighted by atomic mass is 16.5. The van der Waals surface area contributed by atoms with Gasteiger partial charge in [0.05, 0.1) is 13.2 Å². The first-order valence-electron chi connectivity index (χ1n) is 6.05. The van der Waals surface area contributed by atoms with E-state index in [1.807, 2.05) is 6.92 Å². The number of likely N-dealkylation sites (tertiary alicyclic amines) is 1. The Morgan fingerprint density at radius 2 is 2.19 bits per heavy atom. The number of rotatable bonds is 7. The standard InChI is InChI=1S/C12H23NO3/c1-11-10-13(6-4-12(11)14)5-3-7-16-9-8-15-2/h11H,3-10H2,1-2H3. The Hall–Kier alpha value is -0.450. The topological polar surface area (TPSA) is 38.8 Å². The first kappa shape index (κ1) is 13.6. The van der Waals surface area contributed by atoms with E-state index in [1.165, 1.54) is 0 Å². The zero-order valence-corrected chi connectivity index (χ0v) is 10.4. The van der Waals surface area contributed by atoms with Gasteiger partial charge in [0.15, 0.2) is 0 Å². The molecule has 4 heteroatoms. The lowest BCUT2D eigenvalue weighted by molar-refractivity contribution is -0.125. The van der Waals surface area contributed by atoms with E-state index in [4.69, 9.17) is 9.47 Å². The molecule has 1 atom stereocenters. The summed E-state index contributed by atoms with van der Waals surface area (Å²) in [7, 11) is 1.68. The van der Waals surface area contributed by atoms with E-state index in [1.54, 1.807) is 7.11 Å². The minimum atomic E-state index is 0.211. The highest BCUT2D eigenvalue weighted by molar-refractivity contribution is 5.81. The van der Waals surface area contributed by atoms with Crippen LogP contribution in [0.5, 0.6) is 0 Å². The Morgan fingerprint density at radius 1 is 1.38 bits per heavy atom. The van der Waals surface area contributed by atoms with E-state index in [2.05, 4.69) is 4.90 Å². The second-order valence-electron chi connectivity index (χ2n) is 4.38. The van der Waals surface area contributed by atoms with Crippen molar-refractivity contribution in [2.45, 2.75) is 19.8 Å². The van der Waals surface area contributed by atoms with Crippen LogP contribution in [-0.2, 0) is 14.3 Å². The lowest BCUT2D eigenvalue weighted by Crippen LogP contribution is -2.40. The van der Waals surface area contributed by atoms with E-state index in [-0.39, 0.29) is 5.92 Å². The molecule has 0 spiro atoms. The maximum Gasteiger partial charge on any atom is 0.138 e. The Labute approximate surface area is 97.9 Å². The van der Waals surface area contributed by atoms with Gasteiger partial charge >= 0.3 is 0 Å². The molecular weight excluding hydrogens is 206 g/mol. The minimum Gasteiger partial charge on any atom is -0.382 e. The number of carbonyl (C=O) groups excluding carboxylic acids is 1. The van der Waals surface area contributed by atoms with Crippen LogP contribution in [0.3, 0.4) is 0 Å². The molecule has 0 aromatic rings. The highest BCUT2D eigenvalue weighted by Crippen LogP contribution is 2.12.